The molecule has 2 aliphatic rings. The van der Waals surface area contributed by atoms with Gasteiger partial charge in [0.05, 0.1) is 19.8 Å². The molecule has 24 heavy (non-hydrogen) atoms. The Balaban J connectivity index is 1.62. The Kier molecular flexibility index (Phi) is 6.13. The second-order valence-corrected chi connectivity index (χ2v) is 7.13. The van der Waals surface area contributed by atoms with E-state index in [4.69, 9.17) is 4.74 Å². The summed E-state index contributed by atoms with van der Waals surface area (Å²) in [5.74, 6) is 1.66. The highest BCUT2D eigenvalue weighted by molar-refractivity contribution is 7.98. The molecule has 0 saturated carbocycles. The second kappa shape index (κ2) is 8.31. The summed E-state index contributed by atoms with van der Waals surface area (Å²) in [6, 6.07) is 0. The fraction of sp³-hybridized carbons (Fsp3) is 0.812. The van der Waals surface area contributed by atoms with Crippen molar-refractivity contribution in [1.29, 1.82) is 0 Å². The lowest BCUT2D eigenvalue weighted by atomic mass is 9.97. The zero-order valence-electron chi connectivity index (χ0n) is 14.6. The molecule has 0 aromatic carbocycles. The molecule has 1 unspecified atom stereocenters. The highest BCUT2D eigenvalue weighted by Crippen LogP contribution is 2.28. The van der Waals surface area contributed by atoms with Crippen LogP contribution >= 0.6 is 11.8 Å². The highest BCUT2D eigenvalue weighted by atomic mass is 32.2. The maximum Gasteiger partial charge on any atom is 0.236 e. The first-order chi connectivity index (χ1) is 11.7. The largest absolute Gasteiger partial charge is 0.378 e. The van der Waals surface area contributed by atoms with Crippen molar-refractivity contribution in [3.8, 4) is 0 Å². The minimum atomic E-state index is 0.223. The van der Waals surface area contributed by atoms with Gasteiger partial charge in [0.15, 0.2) is 5.16 Å². The number of amides is 1. The van der Waals surface area contributed by atoms with E-state index in [-0.39, 0.29) is 5.91 Å². The molecule has 134 valence electrons. The molecule has 3 rings (SSSR count). The Morgan fingerprint density at radius 3 is 2.79 bits per heavy atom. The van der Waals surface area contributed by atoms with Crippen molar-refractivity contribution >= 4 is 17.7 Å². The molecule has 2 saturated heterocycles. The summed E-state index contributed by atoms with van der Waals surface area (Å²) < 4.78 is 7.54. The molecule has 1 atom stereocenters. The van der Waals surface area contributed by atoms with Gasteiger partial charge >= 0.3 is 0 Å². The van der Waals surface area contributed by atoms with E-state index in [2.05, 4.69) is 26.6 Å². The molecule has 1 amide bonds. The molecule has 1 aromatic rings. The van der Waals surface area contributed by atoms with Gasteiger partial charge < -0.3 is 14.2 Å². The van der Waals surface area contributed by atoms with Crippen molar-refractivity contribution < 1.29 is 9.53 Å². The quantitative estimate of drug-likeness (QED) is 0.738. The van der Waals surface area contributed by atoms with Gasteiger partial charge in [-0.3, -0.25) is 9.69 Å². The summed E-state index contributed by atoms with van der Waals surface area (Å²) in [5, 5.41) is 9.73. The smallest absolute Gasteiger partial charge is 0.236 e. The average molecular weight is 353 g/mol. The van der Waals surface area contributed by atoms with Crippen LogP contribution < -0.4 is 0 Å². The van der Waals surface area contributed by atoms with Gasteiger partial charge in [-0.25, -0.2) is 0 Å². The SMILES string of the molecule is CCn1c(SC)nnc1C1CCCN(CC(=O)N2CCOCC2)C1. The van der Waals surface area contributed by atoms with Crippen molar-refractivity contribution in [2.45, 2.75) is 37.4 Å². The van der Waals surface area contributed by atoms with Gasteiger partial charge in [-0.15, -0.1) is 10.2 Å². The Morgan fingerprint density at radius 2 is 2.08 bits per heavy atom. The second-order valence-electron chi connectivity index (χ2n) is 6.36. The lowest BCUT2D eigenvalue weighted by molar-refractivity contribution is -0.136. The van der Waals surface area contributed by atoms with Crippen molar-refractivity contribution in [1.82, 2.24) is 24.6 Å². The van der Waals surface area contributed by atoms with Crippen LogP contribution in [0.2, 0.25) is 0 Å². The summed E-state index contributed by atoms with van der Waals surface area (Å²) in [6.07, 6.45) is 4.26. The first kappa shape index (κ1) is 17.7. The number of morpholine rings is 1. The predicted molar refractivity (Wildman–Crippen MR) is 93.3 cm³/mol. The van der Waals surface area contributed by atoms with Crippen molar-refractivity contribution in [2.24, 2.45) is 0 Å². The van der Waals surface area contributed by atoms with E-state index in [0.717, 1.165) is 56.5 Å². The Labute approximate surface area is 147 Å². The van der Waals surface area contributed by atoms with Gasteiger partial charge in [0.25, 0.3) is 0 Å². The van der Waals surface area contributed by atoms with E-state index >= 15 is 0 Å². The number of hydrogen-bond donors (Lipinski definition) is 0. The zero-order valence-corrected chi connectivity index (χ0v) is 15.4. The number of ether oxygens (including phenoxy) is 1. The van der Waals surface area contributed by atoms with Gasteiger partial charge in [-0.1, -0.05) is 11.8 Å². The summed E-state index contributed by atoms with van der Waals surface area (Å²) >= 11 is 1.64. The minimum Gasteiger partial charge on any atom is -0.378 e. The molecular weight excluding hydrogens is 326 g/mol. The number of aromatic nitrogens is 3. The van der Waals surface area contributed by atoms with Crippen LogP contribution in [0.15, 0.2) is 5.16 Å². The molecule has 2 aliphatic heterocycles. The molecule has 2 fully saturated rings. The number of nitrogens with zero attached hydrogens (tertiary/aromatic N) is 5. The molecular formula is C16H27N5O2S. The van der Waals surface area contributed by atoms with E-state index in [0.29, 0.717) is 25.7 Å². The summed E-state index contributed by atoms with van der Waals surface area (Å²) in [6.45, 7) is 8.17. The van der Waals surface area contributed by atoms with Gasteiger partial charge in [0.2, 0.25) is 5.91 Å². The van der Waals surface area contributed by atoms with Crippen LogP contribution in [0.1, 0.15) is 31.5 Å². The third-order valence-electron chi connectivity index (χ3n) is 4.84. The van der Waals surface area contributed by atoms with Crippen LogP contribution in [0.25, 0.3) is 0 Å². The van der Waals surface area contributed by atoms with Crippen LogP contribution in [0, 0.1) is 0 Å². The number of carbonyl (C=O) groups excluding carboxylic acids is 1. The number of hydrogen-bond acceptors (Lipinski definition) is 6. The van der Waals surface area contributed by atoms with Crippen LogP contribution in [-0.4, -0.2) is 82.7 Å². The van der Waals surface area contributed by atoms with Crippen molar-refractivity contribution in [3.05, 3.63) is 5.82 Å². The summed E-state index contributed by atoms with van der Waals surface area (Å²) in [5.41, 5.74) is 0. The molecule has 8 heteroatoms. The first-order valence-electron chi connectivity index (χ1n) is 8.78. The third-order valence-corrected chi connectivity index (χ3v) is 5.50. The molecule has 0 aliphatic carbocycles. The monoisotopic (exact) mass is 353 g/mol. The Morgan fingerprint density at radius 1 is 1.29 bits per heavy atom. The van der Waals surface area contributed by atoms with E-state index in [1.165, 1.54) is 0 Å². The van der Waals surface area contributed by atoms with E-state index in [9.17, 15) is 4.79 Å². The molecule has 3 heterocycles. The number of piperidine rings is 1. The fourth-order valence-corrected chi connectivity index (χ4v) is 4.13. The van der Waals surface area contributed by atoms with E-state index in [1.807, 2.05) is 11.2 Å². The molecule has 1 aromatic heterocycles. The maximum atomic E-state index is 12.5. The number of thioether (sulfide) groups is 1. The maximum absolute atomic E-state index is 12.5. The van der Waals surface area contributed by atoms with Gasteiger partial charge in [0.1, 0.15) is 5.82 Å². The van der Waals surface area contributed by atoms with Crippen LogP contribution in [0.5, 0.6) is 0 Å². The molecule has 0 spiro atoms. The van der Waals surface area contributed by atoms with Gasteiger partial charge in [-0.2, -0.15) is 0 Å². The summed E-state index contributed by atoms with van der Waals surface area (Å²) in [4.78, 5) is 16.7. The predicted octanol–water partition coefficient (Wildman–Crippen LogP) is 1.06. The zero-order chi connectivity index (χ0) is 16.9. The van der Waals surface area contributed by atoms with Crippen molar-refractivity contribution in [3.63, 3.8) is 0 Å². The van der Waals surface area contributed by atoms with Crippen LogP contribution in [-0.2, 0) is 16.1 Å². The van der Waals surface area contributed by atoms with Crippen molar-refractivity contribution in [2.75, 3.05) is 52.2 Å². The van der Waals surface area contributed by atoms with E-state index < -0.39 is 0 Å². The van der Waals surface area contributed by atoms with Crippen LogP contribution in [0.4, 0.5) is 0 Å². The highest BCUT2D eigenvalue weighted by Gasteiger charge is 2.28. The van der Waals surface area contributed by atoms with Crippen LogP contribution in [0.3, 0.4) is 0 Å². The number of carbonyl (C=O) groups is 1. The third kappa shape index (κ3) is 3.92. The Hall–Kier alpha value is -1.12. The summed E-state index contributed by atoms with van der Waals surface area (Å²) in [7, 11) is 0. The average Bonchev–Trinajstić information content (AvgIpc) is 3.05. The lowest BCUT2D eigenvalue weighted by Crippen LogP contribution is -2.47. The Bertz CT molecular complexity index is 559. The minimum absolute atomic E-state index is 0.223. The fourth-order valence-electron chi connectivity index (χ4n) is 3.56. The van der Waals surface area contributed by atoms with E-state index in [1.54, 1.807) is 11.8 Å². The molecule has 7 nitrogen and oxygen atoms in total. The van der Waals surface area contributed by atoms with Gasteiger partial charge in [-0.05, 0) is 32.6 Å². The standard InChI is InChI=1S/C16H27N5O2S/c1-3-21-15(17-18-16(21)24-2)13-5-4-6-19(11-13)12-14(22)20-7-9-23-10-8-20/h13H,3-12H2,1-2H3. The topological polar surface area (TPSA) is 63.5 Å². The number of rotatable bonds is 5. The first-order valence-corrected chi connectivity index (χ1v) is 10.00. The molecule has 0 N–H and O–H groups in total. The molecule has 0 bridgehead atoms. The number of likely N-dealkylation sites (tertiary alicyclic amines) is 1. The molecule has 0 radical (unpaired) electrons. The van der Waals surface area contributed by atoms with Gasteiger partial charge in [0, 0.05) is 32.1 Å². The lowest BCUT2D eigenvalue weighted by Gasteiger charge is -2.34. The normalized spacial score (nSPS) is 22.8.